The van der Waals surface area contributed by atoms with Crippen LogP contribution < -0.4 is 9.62 Å². The zero-order chi connectivity index (χ0) is 28.7. The topological polar surface area (TPSA) is 116 Å². The Morgan fingerprint density at radius 3 is 2.44 bits per heavy atom. The fraction of sp³-hybridized carbons (Fsp3) is 0.567. The highest BCUT2D eigenvalue weighted by atomic mass is 32.2. The van der Waals surface area contributed by atoms with Gasteiger partial charge in [-0.05, 0) is 82.1 Å². The van der Waals surface area contributed by atoms with Gasteiger partial charge in [0.15, 0.2) is 5.65 Å². The van der Waals surface area contributed by atoms with E-state index in [-0.39, 0.29) is 30.5 Å². The van der Waals surface area contributed by atoms with E-state index in [1.807, 2.05) is 35.8 Å². The second kappa shape index (κ2) is 11.3. The zero-order valence-corrected chi connectivity index (χ0v) is 24.9. The van der Waals surface area contributed by atoms with E-state index in [2.05, 4.69) is 5.32 Å². The molecule has 41 heavy (non-hydrogen) atoms. The van der Waals surface area contributed by atoms with E-state index in [1.165, 1.54) is 10.6 Å². The second-order valence-corrected chi connectivity index (χ2v) is 13.6. The largest absolute Gasteiger partial charge is 0.374 e. The first-order chi connectivity index (χ1) is 19.7. The van der Waals surface area contributed by atoms with Crippen molar-refractivity contribution in [1.82, 2.24) is 14.5 Å². The first kappa shape index (κ1) is 28.1. The Hall–Kier alpha value is -3.02. The third-order valence-corrected chi connectivity index (χ3v) is 9.58. The molecule has 3 aliphatic rings. The Labute approximate surface area is 241 Å². The maximum absolute atomic E-state index is 12.8. The van der Waals surface area contributed by atoms with Crippen LogP contribution in [0.5, 0.6) is 0 Å². The number of aryl methyl sites for hydroxylation is 1. The molecule has 4 heterocycles. The highest BCUT2D eigenvalue weighted by molar-refractivity contribution is 7.92. The van der Waals surface area contributed by atoms with Gasteiger partial charge in [-0.3, -0.25) is 13.7 Å². The second-order valence-electron chi connectivity index (χ2n) is 11.6. The molecule has 2 aromatic heterocycles. The standard InChI is InChI=1S/C30H39N5O5S/c1-19-31-29-24(17-22(18-26(36)20-10-11-20)32-30(29)35(19)28-9-5-7-15-40-28)33-23-13-12-21(27-8-4-6-14-39-27)16-25(23)34(2)41(3,37)38/h12-13,16-17,20,27-28H,4-11,14-15,18H2,1-3H3,(H,32,33). The van der Waals surface area contributed by atoms with Gasteiger partial charge in [-0.25, -0.2) is 18.4 Å². The Bertz CT molecular complexity index is 1550. The van der Waals surface area contributed by atoms with Crippen LogP contribution in [-0.4, -0.2) is 55.3 Å². The molecule has 0 spiro atoms. The van der Waals surface area contributed by atoms with Gasteiger partial charge in [0.1, 0.15) is 23.4 Å². The lowest BCUT2D eigenvalue weighted by Gasteiger charge is -2.26. The summed E-state index contributed by atoms with van der Waals surface area (Å²) >= 11 is 0. The van der Waals surface area contributed by atoms with E-state index < -0.39 is 10.0 Å². The Kier molecular flexibility index (Phi) is 7.78. The number of hydrogen-bond acceptors (Lipinski definition) is 8. The summed E-state index contributed by atoms with van der Waals surface area (Å²) in [5, 5.41) is 3.49. The fourth-order valence-electron chi connectivity index (χ4n) is 5.85. The van der Waals surface area contributed by atoms with Gasteiger partial charge in [-0.1, -0.05) is 6.07 Å². The molecule has 220 valence electrons. The Morgan fingerprint density at radius 1 is 1.02 bits per heavy atom. The molecule has 1 saturated carbocycles. The van der Waals surface area contributed by atoms with Gasteiger partial charge >= 0.3 is 0 Å². The van der Waals surface area contributed by atoms with Gasteiger partial charge in [0.2, 0.25) is 10.0 Å². The van der Waals surface area contributed by atoms with Crippen molar-refractivity contribution < 1.29 is 22.7 Å². The summed E-state index contributed by atoms with van der Waals surface area (Å²) in [6.07, 6.45) is 9.08. The van der Waals surface area contributed by atoms with E-state index >= 15 is 0 Å². The number of ether oxygens (including phenoxy) is 2. The Morgan fingerprint density at radius 2 is 1.78 bits per heavy atom. The molecule has 11 heteroatoms. The maximum Gasteiger partial charge on any atom is 0.232 e. The number of fused-ring (bicyclic) bond motifs is 1. The van der Waals surface area contributed by atoms with Crippen molar-refractivity contribution >= 4 is 44.0 Å². The number of nitrogens with zero attached hydrogens (tertiary/aromatic N) is 4. The number of anilines is 3. The number of carbonyl (C=O) groups excluding carboxylic acids is 1. The molecule has 1 aromatic carbocycles. The smallest absolute Gasteiger partial charge is 0.232 e. The summed E-state index contributed by atoms with van der Waals surface area (Å²) in [5.41, 5.74) is 4.76. The number of rotatable bonds is 9. The van der Waals surface area contributed by atoms with Crippen molar-refractivity contribution in [1.29, 1.82) is 0 Å². The molecule has 2 saturated heterocycles. The van der Waals surface area contributed by atoms with Crippen LogP contribution >= 0.6 is 0 Å². The SMILES string of the molecule is Cc1nc2c(Nc3ccc(C4CCCCO4)cc3N(C)S(C)(=O)=O)cc(CC(=O)C3CC3)nc2n1C1CCCCO1. The highest BCUT2D eigenvalue weighted by Crippen LogP contribution is 2.39. The lowest BCUT2D eigenvalue weighted by atomic mass is 10.0. The van der Waals surface area contributed by atoms with E-state index in [4.69, 9.17) is 19.4 Å². The summed E-state index contributed by atoms with van der Waals surface area (Å²) < 4.78 is 40.8. The van der Waals surface area contributed by atoms with Gasteiger partial charge < -0.3 is 14.8 Å². The van der Waals surface area contributed by atoms with Gasteiger partial charge in [-0.15, -0.1) is 0 Å². The normalized spacial score (nSPS) is 21.6. The number of nitrogens with one attached hydrogen (secondary N) is 1. The first-order valence-corrected chi connectivity index (χ1v) is 16.5. The fourth-order valence-corrected chi connectivity index (χ4v) is 6.36. The molecule has 0 radical (unpaired) electrons. The molecule has 10 nitrogen and oxygen atoms in total. The number of Topliss-reactive ketones (excluding diaryl/α,β-unsaturated/α-hetero) is 1. The van der Waals surface area contributed by atoms with E-state index in [0.29, 0.717) is 47.1 Å². The number of sulfonamides is 1. The summed E-state index contributed by atoms with van der Waals surface area (Å²) in [6.45, 7) is 3.33. The lowest BCUT2D eigenvalue weighted by molar-refractivity contribution is -0.119. The number of aromatic nitrogens is 3. The number of imidazole rings is 1. The van der Waals surface area contributed by atoms with Crippen molar-refractivity contribution in [3.8, 4) is 0 Å². The molecule has 1 N–H and O–H groups in total. The average molecular weight is 582 g/mol. The van der Waals surface area contributed by atoms with Crippen molar-refractivity contribution in [3.05, 3.63) is 41.3 Å². The molecule has 3 aromatic rings. The van der Waals surface area contributed by atoms with Crippen LogP contribution in [0.25, 0.3) is 11.2 Å². The first-order valence-electron chi connectivity index (χ1n) is 14.7. The van der Waals surface area contributed by atoms with Crippen LogP contribution in [0.2, 0.25) is 0 Å². The molecular formula is C30H39N5O5S. The van der Waals surface area contributed by atoms with Crippen LogP contribution in [0.4, 0.5) is 17.1 Å². The third kappa shape index (κ3) is 5.98. The average Bonchev–Trinajstić information content (AvgIpc) is 3.76. The van der Waals surface area contributed by atoms with Crippen LogP contribution in [0.3, 0.4) is 0 Å². The van der Waals surface area contributed by atoms with E-state index in [0.717, 1.165) is 62.8 Å². The Balaban J connectivity index is 1.44. The highest BCUT2D eigenvalue weighted by Gasteiger charge is 2.31. The van der Waals surface area contributed by atoms with Crippen LogP contribution in [-0.2, 0) is 30.7 Å². The maximum atomic E-state index is 12.8. The molecule has 2 unspecified atom stereocenters. The summed E-state index contributed by atoms with van der Waals surface area (Å²) in [6, 6.07) is 7.67. The zero-order valence-electron chi connectivity index (χ0n) is 24.1. The number of hydrogen-bond donors (Lipinski definition) is 1. The molecule has 0 bridgehead atoms. The van der Waals surface area contributed by atoms with Gasteiger partial charge in [0.05, 0.1) is 35.1 Å². The third-order valence-electron chi connectivity index (χ3n) is 8.39. The summed E-state index contributed by atoms with van der Waals surface area (Å²) in [7, 11) is -1.99. The number of carbonyl (C=O) groups is 1. The minimum Gasteiger partial charge on any atom is -0.374 e. The molecule has 6 rings (SSSR count). The van der Waals surface area contributed by atoms with Crippen molar-refractivity contribution in [2.24, 2.45) is 5.92 Å². The lowest BCUT2D eigenvalue weighted by Crippen LogP contribution is -2.26. The van der Waals surface area contributed by atoms with Crippen molar-refractivity contribution in [2.75, 3.05) is 36.1 Å². The molecule has 0 amide bonds. The molecular weight excluding hydrogens is 542 g/mol. The van der Waals surface area contributed by atoms with Gasteiger partial charge in [0, 0.05) is 32.6 Å². The molecule has 1 aliphatic carbocycles. The number of benzene rings is 1. The van der Waals surface area contributed by atoms with Crippen LogP contribution in [0.1, 0.15) is 80.8 Å². The molecule has 2 aliphatic heterocycles. The van der Waals surface area contributed by atoms with E-state index in [9.17, 15) is 13.2 Å². The quantitative estimate of drug-likeness (QED) is 0.360. The number of pyridine rings is 1. The minimum atomic E-state index is -3.55. The van der Waals surface area contributed by atoms with E-state index in [1.54, 1.807) is 7.05 Å². The van der Waals surface area contributed by atoms with Crippen LogP contribution in [0.15, 0.2) is 24.3 Å². The minimum absolute atomic E-state index is 0.0639. The van der Waals surface area contributed by atoms with Crippen molar-refractivity contribution in [3.63, 3.8) is 0 Å². The molecule has 3 fully saturated rings. The summed E-state index contributed by atoms with van der Waals surface area (Å²) in [4.78, 5) is 22.6. The molecule has 2 atom stereocenters. The van der Waals surface area contributed by atoms with Gasteiger partial charge in [0.25, 0.3) is 0 Å². The predicted molar refractivity (Wildman–Crippen MR) is 158 cm³/mol. The predicted octanol–water partition coefficient (Wildman–Crippen LogP) is 5.34. The number of ketones is 1. The monoisotopic (exact) mass is 581 g/mol. The van der Waals surface area contributed by atoms with Crippen LogP contribution in [0, 0.1) is 12.8 Å². The summed E-state index contributed by atoms with van der Waals surface area (Å²) in [5.74, 6) is 1.11. The van der Waals surface area contributed by atoms with Gasteiger partial charge in [-0.2, -0.15) is 0 Å². The van der Waals surface area contributed by atoms with Crippen molar-refractivity contribution in [2.45, 2.75) is 77.0 Å².